The van der Waals surface area contributed by atoms with Gasteiger partial charge in [-0.1, -0.05) is 6.42 Å². The van der Waals surface area contributed by atoms with Crippen molar-refractivity contribution < 1.29 is 24.7 Å². The van der Waals surface area contributed by atoms with Crippen LogP contribution in [-0.2, 0) is 9.59 Å². The molecule has 1 saturated heterocycles. The first-order chi connectivity index (χ1) is 9.28. The van der Waals surface area contributed by atoms with E-state index in [9.17, 15) is 14.7 Å². The first-order valence-electron chi connectivity index (χ1n) is 6.59. The van der Waals surface area contributed by atoms with Crippen LogP contribution in [0.25, 0.3) is 0 Å². The number of carbonyl (C=O) groups is 2. The maximum absolute atomic E-state index is 11.9. The van der Waals surface area contributed by atoms with Gasteiger partial charge in [0, 0.05) is 13.1 Å². The van der Waals surface area contributed by atoms with E-state index in [1.165, 1.54) is 4.90 Å². The minimum absolute atomic E-state index is 0.0268. The predicted molar refractivity (Wildman–Crippen MR) is 72.8 cm³/mol. The van der Waals surface area contributed by atoms with Crippen LogP contribution in [0.2, 0.25) is 6.32 Å². The number of carboxylic acids is 1. The summed E-state index contributed by atoms with van der Waals surface area (Å²) in [6.45, 7) is 0.478. The van der Waals surface area contributed by atoms with Crippen molar-refractivity contribution in [1.29, 1.82) is 0 Å². The summed E-state index contributed by atoms with van der Waals surface area (Å²) in [5, 5.41) is 29.8. The summed E-state index contributed by atoms with van der Waals surface area (Å²) in [7, 11) is 0.198. The molecule has 0 spiro atoms. The molecule has 114 valence electrons. The molecule has 0 aromatic heterocycles. The van der Waals surface area contributed by atoms with Gasteiger partial charge in [-0.25, -0.2) is 0 Å². The Hall–Kier alpha value is -1.16. The minimum Gasteiger partial charge on any atom is -0.480 e. The number of hydrogen-bond acceptors (Lipinski definition) is 6. The zero-order chi connectivity index (χ0) is 15.3. The lowest BCUT2D eigenvalue weighted by Crippen LogP contribution is -2.63. The number of carboxylic acid groups (broad SMARTS) is 1. The lowest BCUT2D eigenvalue weighted by atomic mass is 9.75. The molecule has 1 aliphatic heterocycles. The molecule has 2 atom stereocenters. The van der Waals surface area contributed by atoms with Gasteiger partial charge in [0.2, 0.25) is 5.91 Å². The van der Waals surface area contributed by atoms with Gasteiger partial charge in [0.05, 0.1) is 6.54 Å². The molecule has 0 radical (unpaired) electrons. The molecule has 0 saturated carbocycles. The molecule has 6 N–H and O–H groups in total. The molecule has 9 heteroatoms. The standard InChI is InChI=1S/C11H22BN3O5/c1-14-5-9(16)15-6-8(2-3-12(19)20)4-11(13,7-15)10(17)18/h8,14,19-20H,2-7,13H2,1H3,(H,17,18)/t8-,11+/m0/s1. The Morgan fingerprint density at radius 1 is 1.50 bits per heavy atom. The monoisotopic (exact) mass is 287 g/mol. The summed E-state index contributed by atoms with van der Waals surface area (Å²) < 4.78 is 0. The molecule has 8 nitrogen and oxygen atoms in total. The third-order valence-electron chi connectivity index (χ3n) is 3.54. The number of amides is 1. The Balaban J connectivity index is 2.77. The number of rotatable bonds is 6. The van der Waals surface area contributed by atoms with Crippen LogP contribution in [0.3, 0.4) is 0 Å². The second-order valence-corrected chi connectivity index (χ2v) is 5.39. The van der Waals surface area contributed by atoms with E-state index in [4.69, 9.17) is 15.8 Å². The van der Waals surface area contributed by atoms with E-state index in [2.05, 4.69) is 5.32 Å². The van der Waals surface area contributed by atoms with E-state index in [-0.39, 0.29) is 37.7 Å². The molecule has 1 aliphatic rings. The fourth-order valence-corrected chi connectivity index (χ4v) is 2.55. The zero-order valence-electron chi connectivity index (χ0n) is 11.6. The zero-order valence-corrected chi connectivity index (χ0v) is 11.6. The molecule has 0 bridgehead atoms. The maximum Gasteiger partial charge on any atom is 0.451 e. The van der Waals surface area contributed by atoms with Gasteiger partial charge in [-0.15, -0.1) is 0 Å². The van der Waals surface area contributed by atoms with Crippen LogP contribution in [0.4, 0.5) is 0 Å². The molecular weight excluding hydrogens is 265 g/mol. The molecular formula is C11H22BN3O5. The van der Waals surface area contributed by atoms with Crippen LogP contribution in [0, 0.1) is 5.92 Å². The quantitative estimate of drug-likeness (QED) is 0.346. The number of nitrogens with zero attached hydrogens (tertiary/aromatic N) is 1. The van der Waals surface area contributed by atoms with Gasteiger partial charge >= 0.3 is 13.1 Å². The summed E-state index contributed by atoms with van der Waals surface area (Å²) in [6.07, 6.45) is 0.764. The van der Waals surface area contributed by atoms with Gasteiger partial charge in [-0.05, 0) is 25.7 Å². The Kier molecular flexibility index (Phi) is 5.94. The predicted octanol–water partition coefficient (Wildman–Crippen LogP) is -2.30. The van der Waals surface area contributed by atoms with Gasteiger partial charge in [-0.2, -0.15) is 0 Å². The lowest BCUT2D eigenvalue weighted by molar-refractivity contribution is -0.149. The first-order valence-corrected chi connectivity index (χ1v) is 6.59. The van der Waals surface area contributed by atoms with Crippen molar-refractivity contribution in [1.82, 2.24) is 10.2 Å². The second-order valence-electron chi connectivity index (χ2n) is 5.39. The van der Waals surface area contributed by atoms with Crippen LogP contribution in [0.1, 0.15) is 12.8 Å². The van der Waals surface area contributed by atoms with Crippen molar-refractivity contribution in [3.8, 4) is 0 Å². The fraction of sp³-hybridized carbons (Fsp3) is 0.818. The van der Waals surface area contributed by atoms with Crippen LogP contribution < -0.4 is 11.1 Å². The number of nitrogens with one attached hydrogen (secondary N) is 1. The normalized spacial score (nSPS) is 26.4. The average Bonchev–Trinajstić information content (AvgIpc) is 2.36. The van der Waals surface area contributed by atoms with Gasteiger partial charge in [0.15, 0.2) is 0 Å². The van der Waals surface area contributed by atoms with Crippen molar-refractivity contribution in [3.05, 3.63) is 0 Å². The highest BCUT2D eigenvalue weighted by Crippen LogP contribution is 2.27. The van der Waals surface area contributed by atoms with Crippen LogP contribution in [0.5, 0.6) is 0 Å². The van der Waals surface area contributed by atoms with E-state index in [1.54, 1.807) is 7.05 Å². The molecule has 20 heavy (non-hydrogen) atoms. The van der Waals surface area contributed by atoms with Gasteiger partial charge in [-0.3, -0.25) is 9.59 Å². The maximum atomic E-state index is 11.9. The van der Waals surface area contributed by atoms with Gasteiger partial charge in [0.25, 0.3) is 0 Å². The Labute approximate surface area is 118 Å². The highest BCUT2D eigenvalue weighted by Gasteiger charge is 2.43. The molecule has 1 rings (SSSR count). The van der Waals surface area contributed by atoms with Crippen LogP contribution >= 0.6 is 0 Å². The molecule has 0 unspecified atom stereocenters. The topological polar surface area (TPSA) is 136 Å². The number of piperidine rings is 1. The summed E-state index contributed by atoms with van der Waals surface area (Å²) in [4.78, 5) is 24.6. The minimum atomic E-state index is -1.48. The molecule has 1 fully saturated rings. The van der Waals surface area contributed by atoms with E-state index in [0.29, 0.717) is 13.0 Å². The largest absolute Gasteiger partial charge is 0.480 e. The molecule has 1 amide bonds. The molecule has 0 aliphatic carbocycles. The second kappa shape index (κ2) is 7.03. The summed E-state index contributed by atoms with van der Waals surface area (Å²) in [5.41, 5.74) is 4.40. The SMILES string of the molecule is CNCC(=O)N1C[C@@H](CCB(O)O)C[C@](N)(C(=O)O)C1. The fourth-order valence-electron chi connectivity index (χ4n) is 2.55. The third-order valence-corrected chi connectivity index (χ3v) is 3.54. The smallest absolute Gasteiger partial charge is 0.451 e. The third kappa shape index (κ3) is 4.45. The van der Waals surface area contributed by atoms with Crippen molar-refractivity contribution in [2.75, 3.05) is 26.7 Å². The van der Waals surface area contributed by atoms with E-state index in [1.807, 2.05) is 0 Å². The van der Waals surface area contributed by atoms with Crippen molar-refractivity contribution >= 4 is 19.0 Å². The number of likely N-dealkylation sites (tertiary alicyclic amines) is 1. The Bertz CT molecular complexity index is 368. The Morgan fingerprint density at radius 3 is 2.65 bits per heavy atom. The molecule has 0 aromatic rings. The number of hydrogen-bond donors (Lipinski definition) is 5. The van der Waals surface area contributed by atoms with E-state index in [0.717, 1.165) is 0 Å². The van der Waals surface area contributed by atoms with Crippen molar-refractivity contribution in [2.24, 2.45) is 11.7 Å². The van der Waals surface area contributed by atoms with Crippen molar-refractivity contribution in [2.45, 2.75) is 24.7 Å². The number of likely N-dealkylation sites (N-methyl/N-ethyl adjacent to an activating group) is 1. The van der Waals surface area contributed by atoms with Crippen molar-refractivity contribution in [3.63, 3.8) is 0 Å². The highest BCUT2D eigenvalue weighted by molar-refractivity contribution is 6.40. The average molecular weight is 287 g/mol. The Morgan fingerprint density at radius 2 is 2.15 bits per heavy atom. The molecule has 0 aromatic carbocycles. The summed E-state index contributed by atoms with van der Waals surface area (Å²) in [5.74, 6) is -1.51. The van der Waals surface area contributed by atoms with Crippen LogP contribution in [-0.4, -0.2) is 71.3 Å². The van der Waals surface area contributed by atoms with Gasteiger partial charge < -0.3 is 31.1 Å². The summed E-state index contributed by atoms with van der Waals surface area (Å²) in [6, 6.07) is 0. The highest BCUT2D eigenvalue weighted by atomic mass is 16.4. The lowest BCUT2D eigenvalue weighted by Gasteiger charge is -2.41. The number of nitrogens with two attached hydrogens (primary N) is 1. The van der Waals surface area contributed by atoms with E-state index >= 15 is 0 Å². The number of carbonyl (C=O) groups excluding carboxylic acids is 1. The molecule has 1 heterocycles. The first kappa shape index (κ1) is 16.9. The van der Waals surface area contributed by atoms with Gasteiger partial charge in [0.1, 0.15) is 5.54 Å². The van der Waals surface area contributed by atoms with E-state index < -0.39 is 18.6 Å². The number of aliphatic carboxylic acids is 1. The van der Waals surface area contributed by atoms with Crippen LogP contribution in [0.15, 0.2) is 0 Å². The summed E-state index contributed by atoms with van der Waals surface area (Å²) >= 11 is 0.